The molecule has 0 fully saturated rings. The van der Waals surface area contributed by atoms with Crippen LogP contribution in [-0.4, -0.2) is 19.6 Å². The number of aryl methyl sites for hydroxylation is 2. The predicted molar refractivity (Wildman–Crippen MR) is 56.2 cm³/mol. The van der Waals surface area contributed by atoms with Gasteiger partial charge in [-0.2, -0.15) is 4.57 Å². The minimum Gasteiger partial charge on any atom is -0.726 e. The molecule has 1 aromatic rings. The molecule has 0 saturated carbocycles. The molecule has 88 valence electrons. The summed E-state index contributed by atoms with van der Waals surface area (Å²) < 4.78 is 34.2. The summed E-state index contributed by atoms with van der Waals surface area (Å²) in [4.78, 5) is 0. The summed E-state index contributed by atoms with van der Waals surface area (Å²) in [7, 11) is -4.42. The van der Waals surface area contributed by atoms with Crippen molar-refractivity contribution in [1.82, 2.24) is 0 Å². The molecule has 0 atom stereocenters. The number of hydrogen-bond acceptors (Lipinski definition) is 5. The van der Waals surface area contributed by atoms with E-state index in [0.29, 0.717) is 0 Å². The van der Waals surface area contributed by atoms with Crippen LogP contribution >= 0.6 is 11.3 Å². The molecule has 0 aliphatic carbocycles. The Morgan fingerprint density at radius 2 is 2.13 bits per heavy atom. The Balaban J connectivity index is 0.000000265. The maximum absolute atomic E-state index is 9.45. The summed E-state index contributed by atoms with van der Waals surface area (Å²) in [5, 5.41) is 3.49. The number of nitrogens with zero attached hydrogens (tertiary/aromatic N) is 1. The standard InChI is InChI=1S/C6H10NS.C2H6O4S/c1-3-7-4-5-8-6(7)2;1-2-6-7(3,4)5/h4-5H,3H2,1-2H3;2H2,1H3,(H,3,4,5)/q+1;/p-1. The van der Waals surface area contributed by atoms with Crippen molar-refractivity contribution in [1.29, 1.82) is 0 Å². The van der Waals surface area contributed by atoms with Crippen molar-refractivity contribution in [3.63, 3.8) is 0 Å². The second kappa shape index (κ2) is 6.89. The highest BCUT2D eigenvalue weighted by molar-refractivity contribution is 7.80. The minimum atomic E-state index is -4.42. The Labute approximate surface area is 94.3 Å². The summed E-state index contributed by atoms with van der Waals surface area (Å²) in [5.74, 6) is 0. The molecule has 1 rings (SSSR count). The van der Waals surface area contributed by atoms with Crippen LogP contribution in [0, 0.1) is 6.92 Å². The number of hydrogen-bond donors (Lipinski definition) is 0. The van der Waals surface area contributed by atoms with Gasteiger partial charge in [-0.05, 0) is 13.8 Å². The fourth-order valence-electron chi connectivity index (χ4n) is 0.847. The molecule has 0 aliphatic rings. The van der Waals surface area contributed by atoms with Crippen LogP contribution in [-0.2, 0) is 21.1 Å². The quantitative estimate of drug-likeness (QED) is 0.455. The van der Waals surface area contributed by atoms with Crippen molar-refractivity contribution >= 4 is 21.7 Å². The molecule has 0 unspecified atom stereocenters. The maximum atomic E-state index is 9.45. The van der Waals surface area contributed by atoms with Crippen molar-refractivity contribution in [2.75, 3.05) is 6.61 Å². The Morgan fingerprint density at radius 1 is 1.53 bits per heavy atom. The molecule has 1 aromatic heterocycles. The molecule has 0 saturated heterocycles. The van der Waals surface area contributed by atoms with E-state index in [0.717, 1.165) is 6.54 Å². The molecule has 0 aliphatic heterocycles. The summed E-state index contributed by atoms with van der Waals surface area (Å²) in [6.07, 6.45) is 2.11. The van der Waals surface area contributed by atoms with E-state index >= 15 is 0 Å². The van der Waals surface area contributed by atoms with Gasteiger partial charge in [0.25, 0.3) is 0 Å². The van der Waals surface area contributed by atoms with Crippen molar-refractivity contribution in [2.45, 2.75) is 27.3 Å². The van der Waals surface area contributed by atoms with Gasteiger partial charge < -0.3 is 4.55 Å². The molecule has 0 bridgehead atoms. The van der Waals surface area contributed by atoms with Crippen LogP contribution in [0.1, 0.15) is 18.9 Å². The lowest BCUT2D eigenvalue weighted by atomic mass is 10.6. The van der Waals surface area contributed by atoms with Crippen LogP contribution in [0.5, 0.6) is 0 Å². The molecule has 1 heterocycles. The average Bonchev–Trinajstić information content (AvgIpc) is 2.49. The van der Waals surface area contributed by atoms with Gasteiger partial charge in [0.1, 0.15) is 6.54 Å². The van der Waals surface area contributed by atoms with Crippen molar-refractivity contribution in [3.05, 3.63) is 16.6 Å². The first-order valence-electron chi connectivity index (χ1n) is 4.44. The van der Waals surface area contributed by atoms with Crippen LogP contribution in [0.25, 0.3) is 0 Å². The zero-order chi connectivity index (χ0) is 11.9. The maximum Gasteiger partial charge on any atom is 0.234 e. The summed E-state index contributed by atoms with van der Waals surface area (Å²) >= 11 is 1.79. The number of rotatable bonds is 3. The van der Waals surface area contributed by atoms with E-state index in [1.54, 1.807) is 11.3 Å². The fraction of sp³-hybridized carbons (Fsp3) is 0.625. The monoisotopic (exact) mass is 253 g/mol. The fourth-order valence-corrected chi connectivity index (χ4v) is 1.87. The third-order valence-electron chi connectivity index (χ3n) is 1.49. The van der Waals surface area contributed by atoms with Gasteiger partial charge >= 0.3 is 0 Å². The van der Waals surface area contributed by atoms with Gasteiger partial charge in [-0.25, -0.2) is 8.42 Å². The van der Waals surface area contributed by atoms with E-state index in [9.17, 15) is 13.0 Å². The van der Waals surface area contributed by atoms with Crippen LogP contribution in [0.4, 0.5) is 0 Å². The Bertz CT molecular complexity index is 372. The van der Waals surface area contributed by atoms with Crippen LogP contribution < -0.4 is 4.57 Å². The lowest BCUT2D eigenvalue weighted by Crippen LogP contribution is -2.31. The summed E-state index contributed by atoms with van der Waals surface area (Å²) in [5.41, 5.74) is 0. The normalized spacial score (nSPS) is 10.7. The molecule has 0 N–H and O–H groups in total. The molecular weight excluding hydrogens is 238 g/mol. The largest absolute Gasteiger partial charge is 0.726 e. The third-order valence-corrected chi connectivity index (χ3v) is 2.84. The highest BCUT2D eigenvalue weighted by Crippen LogP contribution is 1.97. The van der Waals surface area contributed by atoms with E-state index < -0.39 is 10.4 Å². The zero-order valence-electron chi connectivity index (χ0n) is 8.97. The van der Waals surface area contributed by atoms with Gasteiger partial charge in [0.2, 0.25) is 15.4 Å². The van der Waals surface area contributed by atoms with E-state index in [2.05, 4.69) is 34.2 Å². The van der Waals surface area contributed by atoms with Crippen molar-refractivity contribution < 1.29 is 21.7 Å². The van der Waals surface area contributed by atoms with Crippen LogP contribution in [0.15, 0.2) is 11.6 Å². The average molecular weight is 253 g/mol. The van der Waals surface area contributed by atoms with Gasteiger partial charge in [-0.3, -0.25) is 4.18 Å². The van der Waals surface area contributed by atoms with Crippen LogP contribution in [0.2, 0.25) is 0 Å². The lowest BCUT2D eigenvalue weighted by molar-refractivity contribution is -0.694. The smallest absolute Gasteiger partial charge is 0.234 e. The SMILES string of the molecule is CCOS(=O)(=O)[O-].CC[n+]1ccsc1C. The van der Waals surface area contributed by atoms with Gasteiger partial charge in [-0.1, -0.05) is 11.3 Å². The molecule has 7 heteroatoms. The van der Waals surface area contributed by atoms with E-state index in [1.165, 1.54) is 11.9 Å². The molecule has 0 spiro atoms. The lowest BCUT2D eigenvalue weighted by Gasteiger charge is -2.02. The van der Waals surface area contributed by atoms with Gasteiger partial charge in [0, 0.05) is 6.92 Å². The first-order valence-corrected chi connectivity index (χ1v) is 6.65. The summed E-state index contributed by atoms with van der Waals surface area (Å²) in [6.45, 7) is 6.71. The van der Waals surface area contributed by atoms with Crippen LogP contribution in [0.3, 0.4) is 0 Å². The van der Waals surface area contributed by atoms with Crippen molar-refractivity contribution in [3.8, 4) is 0 Å². The zero-order valence-corrected chi connectivity index (χ0v) is 10.6. The highest BCUT2D eigenvalue weighted by atomic mass is 32.3. The van der Waals surface area contributed by atoms with E-state index in [1.807, 2.05) is 0 Å². The molecule has 0 aromatic carbocycles. The Kier molecular flexibility index (Phi) is 6.66. The Morgan fingerprint density at radius 3 is 2.27 bits per heavy atom. The van der Waals surface area contributed by atoms with Gasteiger partial charge in [0.05, 0.1) is 12.0 Å². The van der Waals surface area contributed by atoms with Crippen molar-refractivity contribution in [2.24, 2.45) is 0 Å². The molecule has 5 nitrogen and oxygen atoms in total. The van der Waals surface area contributed by atoms with Gasteiger partial charge in [-0.15, -0.1) is 0 Å². The molecular formula is C8H15NO4S2. The molecule has 15 heavy (non-hydrogen) atoms. The predicted octanol–water partition coefficient (Wildman–Crippen LogP) is 0.847. The molecule has 0 amide bonds. The minimum absolute atomic E-state index is 0.0914. The third kappa shape index (κ3) is 7.43. The first kappa shape index (κ1) is 14.5. The Hall–Kier alpha value is -0.500. The highest BCUT2D eigenvalue weighted by Gasteiger charge is 2.00. The number of thiazole rings is 1. The first-order chi connectivity index (χ1) is 6.90. The second-order valence-corrected chi connectivity index (χ2v) is 4.67. The number of aromatic nitrogens is 1. The summed E-state index contributed by atoms with van der Waals surface area (Å²) in [6, 6.07) is 0. The van der Waals surface area contributed by atoms with Gasteiger partial charge in [0.15, 0.2) is 6.20 Å². The van der Waals surface area contributed by atoms with E-state index in [-0.39, 0.29) is 6.61 Å². The second-order valence-electron chi connectivity index (χ2n) is 2.52. The molecule has 0 radical (unpaired) electrons. The van der Waals surface area contributed by atoms with E-state index in [4.69, 9.17) is 0 Å². The topological polar surface area (TPSA) is 70.3 Å².